The van der Waals surface area contributed by atoms with E-state index in [2.05, 4.69) is 10.5 Å². The van der Waals surface area contributed by atoms with Crippen LogP contribution in [0.2, 0.25) is 5.02 Å². The van der Waals surface area contributed by atoms with Crippen LogP contribution in [0, 0.1) is 0 Å². The van der Waals surface area contributed by atoms with Gasteiger partial charge in [-0.15, -0.1) is 0 Å². The molecule has 0 aliphatic rings. The average molecular weight is 357 g/mol. The molecule has 0 spiro atoms. The fraction of sp³-hybridized carbons (Fsp3) is 0.158. The molecule has 1 heterocycles. The van der Waals surface area contributed by atoms with Crippen LogP contribution in [0.25, 0.3) is 11.3 Å². The average Bonchev–Trinajstić information content (AvgIpc) is 3.09. The van der Waals surface area contributed by atoms with Gasteiger partial charge in [0.05, 0.1) is 19.2 Å². The third-order valence-corrected chi connectivity index (χ3v) is 4.06. The van der Waals surface area contributed by atoms with Crippen LogP contribution in [0.15, 0.2) is 59.1 Å². The zero-order valence-corrected chi connectivity index (χ0v) is 14.4. The predicted molar refractivity (Wildman–Crippen MR) is 95.5 cm³/mol. The summed E-state index contributed by atoms with van der Waals surface area (Å²) in [7, 11) is 1.61. The highest BCUT2D eigenvalue weighted by Gasteiger charge is 2.11. The normalized spacial score (nSPS) is 10.5. The first-order valence-electron chi connectivity index (χ1n) is 7.76. The highest BCUT2D eigenvalue weighted by molar-refractivity contribution is 6.31. The smallest absolute Gasteiger partial charge is 0.226 e. The number of methoxy groups -OCH3 is 1. The highest BCUT2D eigenvalue weighted by Crippen LogP contribution is 2.24. The van der Waals surface area contributed by atoms with Gasteiger partial charge in [-0.25, -0.2) is 0 Å². The van der Waals surface area contributed by atoms with Crippen LogP contribution in [0.1, 0.15) is 11.3 Å². The van der Waals surface area contributed by atoms with Crippen molar-refractivity contribution in [3.05, 3.63) is 70.9 Å². The molecule has 0 radical (unpaired) electrons. The Bertz CT molecular complexity index is 876. The summed E-state index contributed by atoms with van der Waals surface area (Å²) < 4.78 is 10.5. The number of nitrogens with one attached hydrogen (secondary N) is 1. The molecule has 0 saturated carbocycles. The number of benzene rings is 2. The van der Waals surface area contributed by atoms with Gasteiger partial charge >= 0.3 is 0 Å². The number of hydrogen-bond donors (Lipinski definition) is 1. The number of carbonyl (C=O) groups excluding carboxylic acids is 1. The van der Waals surface area contributed by atoms with Crippen LogP contribution in [-0.4, -0.2) is 18.2 Å². The van der Waals surface area contributed by atoms with Gasteiger partial charge in [-0.1, -0.05) is 47.1 Å². The van der Waals surface area contributed by atoms with E-state index in [1.807, 2.05) is 42.5 Å². The zero-order valence-electron chi connectivity index (χ0n) is 13.7. The van der Waals surface area contributed by atoms with E-state index in [4.69, 9.17) is 20.9 Å². The van der Waals surface area contributed by atoms with E-state index in [-0.39, 0.29) is 12.3 Å². The van der Waals surface area contributed by atoms with Crippen molar-refractivity contribution >= 4 is 17.5 Å². The fourth-order valence-electron chi connectivity index (χ4n) is 2.37. The molecule has 128 valence electrons. The maximum absolute atomic E-state index is 12.1. The molecule has 1 aromatic heterocycles. The molecular formula is C19H17ClN2O3. The van der Waals surface area contributed by atoms with E-state index >= 15 is 0 Å². The molecule has 25 heavy (non-hydrogen) atoms. The molecule has 0 aliphatic carbocycles. The van der Waals surface area contributed by atoms with Crippen LogP contribution in [0.5, 0.6) is 5.75 Å². The van der Waals surface area contributed by atoms with Crippen molar-refractivity contribution in [2.45, 2.75) is 13.0 Å². The standard InChI is InChI=1S/C19H17ClN2O3/c1-24-16-7-4-6-13(9-16)18-10-15(22-25-18)11-19(23)21-12-14-5-2-3-8-17(14)20/h2-10H,11-12H2,1H3,(H,21,23). The Morgan fingerprint density at radius 3 is 2.84 bits per heavy atom. The molecule has 3 aromatic rings. The lowest BCUT2D eigenvalue weighted by Crippen LogP contribution is -2.24. The number of amides is 1. The second-order valence-electron chi connectivity index (χ2n) is 5.46. The maximum atomic E-state index is 12.1. The first-order chi connectivity index (χ1) is 12.2. The van der Waals surface area contributed by atoms with Crippen molar-refractivity contribution in [2.24, 2.45) is 0 Å². The van der Waals surface area contributed by atoms with Crippen LogP contribution in [0.3, 0.4) is 0 Å². The third-order valence-electron chi connectivity index (χ3n) is 3.69. The molecule has 1 amide bonds. The van der Waals surface area contributed by atoms with Crippen LogP contribution in [-0.2, 0) is 17.8 Å². The first kappa shape index (κ1) is 17.0. The summed E-state index contributed by atoms with van der Waals surface area (Å²) in [6.07, 6.45) is 0.137. The van der Waals surface area contributed by atoms with E-state index in [1.54, 1.807) is 19.2 Å². The second kappa shape index (κ2) is 7.85. The van der Waals surface area contributed by atoms with Crippen molar-refractivity contribution in [1.29, 1.82) is 0 Å². The number of rotatable bonds is 6. The molecular weight excluding hydrogens is 340 g/mol. The lowest BCUT2D eigenvalue weighted by atomic mass is 10.1. The van der Waals surface area contributed by atoms with Crippen molar-refractivity contribution in [2.75, 3.05) is 7.11 Å². The van der Waals surface area contributed by atoms with E-state index in [0.29, 0.717) is 23.0 Å². The van der Waals surface area contributed by atoms with Crippen LogP contribution >= 0.6 is 11.6 Å². The molecule has 0 atom stereocenters. The summed E-state index contributed by atoms with van der Waals surface area (Å²) in [5.41, 5.74) is 2.28. The van der Waals surface area contributed by atoms with Gasteiger partial charge in [0, 0.05) is 23.2 Å². The Balaban J connectivity index is 1.61. The maximum Gasteiger partial charge on any atom is 0.226 e. The van der Waals surface area contributed by atoms with Gasteiger partial charge < -0.3 is 14.6 Å². The molecule has 2 aromatic carbocycles. The van der Waals surface area contributed by atoms with Crippen LogP contribution < -0.4 is 10.1 Å². The van der Waals surface area contributed by atoms with Gasteiger partial charge in [0.15, 0.2) is 5.76 Å². The minimum atomic E-state index is -0.148. The summed E-state index contributed by atoms with van der Waals surface area (Å²) in [4.78, 5) is 12.1. The van der Waals surface area contributed by atoms with Gasteiger partial charge in [-0.2, -0.15) is 0 Å². The molecule has 5 nitrogen and oxygen atoms in total. The zero-order chi connectivity index (χ0) is 17.6. The van der Waals surface area contributed by atoms with E-state index in [9.17, 15) is 4.79 Å². The Morgan fingerprint density at radius 2 is 2.04 bits per heavy atom. The largest absolute Gasteiger partial charge is 0.497 e. The fourth-order valence-corrected chi connectivity index (χ4v) is 2.57. The molecule has 0 saturated heterocycles. The number of carbonyl (C=O) groups is 1. The lowest BCUT2D eigenvalue weighted by molar-refractivity contribution is -0.120. The summed E-state index contributed by atoms with van der Waals surface area (Å²) in [5, 5.41) is 7.42. The third kappa shape index (κ3) is 4.39. The molecule has 0 aliphatic heterocycles. The monoisotopic (exact) mass is 356 g/mol. The molecule has 3 rings (SSSR count). The van der Waals surface area contributed by atoms with Gasteiger partial charge in [0.25, 0.3) is 0 Å². The Morgan fingerprint density at radius 1 is 1.20 bits per heavy atom. The number of aromatic nitrogens is 1. The van der Waals surface area contributed by atoms with Gasteiger partial charge in [-0.05, 0) is 23.8 Å². The SMILES string of the molecule is COc1cccc(-c2cc(CC(=O)NCc3ccccc3Cl)no2)c1. The number of nitrogens with zero attached hydrogens (tertiary/aromatic N) is 1. The highest BCUT2D eigenvalue weighted by atomic mass is 35.5. The molecule has 0 unspecified atom stereocenters. The molecule has 6 heteroatoms. The summed E-state index contributed by atoms with van der Waals surface area (Å²) in [6, 6.07) is 16.6. The van der Waals surface area contributed by atoms with E-state index < -0.39 is 0 Å². The van der Waals surface area contributed by atoms with Gasteiger partial charge in [-0.3, -0.25) is 4.79 Å². The molecule has 0 bridgehead atoms. The topological polar surface area (TPSA) is 64.4 Å². The summed E-state index contributed by atoms with van der Waals surface area (Å²) in [5.74, 6) is 1.17. The number of halogens is 1. The van der Waals surface area contributed by atoms with Crippen molar-refractivity contribution in [1.82, 2.24) is 10.5 Å². The van der Waals surface area contributed by atoms with E-state index in [0.717, 1.165) is 16.9 Å². The van der Waals surface area contributed by atoms with Gasteiger partial charge in [0.1, 0.15) is 5.75 Å². The molecule has 1 N–H and O–H groups in total. The van der Waals surface area contributed by atoms with Gasteiger partial charge in [0.2, 0.25) is 5.91 Å². The van der Waals surface area contributed by atoms with Crippen molar-refractivity contribution < 1.29 is 14.1 Å². The first-order valence-corrected chi connectivity index (χ1v) is 8.13. The minimum absolute atomic E-state index is 0.137. The Kier molecular flexibility index (Phi) is 5.36. The Labute approximate surface area is 150 Å². The minimum Gasteiger partial charge on any atom is -0.497 e. The van der Waals surface area contributed by atoms with Crippen molar-refractivity contribution in [3.8, 4) is 17.1 Å². The van der Waals surface area contributed by atoms with Crippen molar-refractivity contribution in [3.63, 3.8) is 0 Å². The Hall–Kier alpha value is -2.79. The summed E-state index contributed by atoms with van der Waals surface area (Å²) >= 11 is 6.07. The molecule has 0 fully saturated rings. The number of hydrogen-bond acceptors (Lipinski definition) is 4. The van der Waals surface area contributed by atoms with E-state index in [1.165, 1.54) is 0 Å². The second-order valence-corrected chi connectivity index (χ2v) is 5.87. The predicted octanol–water partition coefficient (Wildman–Crippen LogP) is 3.86. The quantitative estimate of drug-likeness (QED) is 0.728. The summed E-state index contributed by atoms with van der Waals surface area (Å²) in [6.45, 7) is 0.374. The van der Waals surface area contributed by atoms with Crippen LogP contribution in [0.4, 0.5) is 0 Å². The number of ether oxygens (including phenoxy) is 1. The lowest BCUT2D eigenvalue weighted by Gasteiger charge is -2.05.